The molecular formula is C10H19ClF3NO2. The lowest BCUT2D eigenvalue weighted by Gasteiger charge is -2.20. The third-order valence-corrected chi connectivity index (χ3v) is 2.21. The van der Waals surface area contributed by atoms with E-state index in [0.29, 0.717) is 32.0 Å². The topological polar surface area (TPSA) is 21.7 Å². The minimum atomic E-state index is -4.24. The van der Waals surface area contributed by atoms with Crippen LogP contribution in [0.5, 0.6) is 0 Å². The molecular weight excluding hydrogens is 259 g/mol. The van der Waals surface area contributed by atoms with Crippen molar-refractivity contribution in [1.29, 1.82) is 0 Å². The van der Waals surface area contributed by atoms with Crippen molar-refractivity contribution < 1.29 is 22.6 Å². The molecule has 0 fully saturated rings. The molecule has 7 heteroatoms. The van der Waals surface area contributed by atoms with Crippen molar-refractivity contribution in [2.75, 3.05) is 52.4 Å². The Kier molecular flexibility index (Phi) is 9.91. The fourth-order valence-electron chi connectivity index (χ4n) is 1.25. The Labute approximate surface area is 105 Å². The minimum Gasteiger partial charge on any atom is -0.383 e. The Morgan fingerprint density at radius 1 is 1.12 bits per heavy atom. The van der Waals surface area contributed by atoms with E-state index in [1.54, 1.807) is 7.11 Å². The minimum absolute atomic E-state index is 0.102. The van der Waals surface area contributed by atoms with E-state index in [-0.39, 0.29) is 6.61 Å². The molecule has 0 aromatic rings. The Morgan fingerprint density at radius 2 is 1.82 bits per heavy atom. The van der Waals surface area contributed by atoms with Crippen LogP contribution in [0, 0.1) is 0 Å². The molecule has 104 valence electrons. The van der Waals surface area contributed by atoms with Crippen LogP contribution in [0.4, 0.5) is 13.2 Å². The summed E-state index contributed by atoms with van der Waals surface area (Å²) in [4.78, 5) is 2.04. The summed E-state index contributed by atoms with van der Waals surface area (Å²) in [6.45, 7) is 1.59. The molecule has 0 N–H and O–H groups in total. The van der Waals surface area contributed by atoms with Crippen LogP contribution in [0.25, 0.3) is 0 Å². The van der Waals surface area contributed by atoms with E-state index in [9.17, 15) is 13.2 Å². The quantitative estimate of drug-likeness (QED) is 0.451. The van der Waals surface area contributed by atoms with Crippen LogP contribution < -0.4 is 0 Å². The van der Waals surface area contributed by atoms with Crippen LogP contribution in [-0.4, -0.2) is 63.5 Å². The fraction of sp³-hybridized carbons (Fsp3) is 1.00. The molecule has 0 heterocycles. The van der Waals surface area contributed by atoms with Crippen molar-refractivity contribution in [3.05, 3.63) is 0 Å². The van der Waals surface area contributed by atoms with Gasteiger partial charge >= 0.3 is 6.18 Å². The van der Waals surface area contributed by atoms with Crippen LogP contribution >= 0.6 is 11.6 Å². The van der Waals surface area contributed by atoms with E-state index in [2.05, 4.69) is 4.74 Å². The highest BCUT2D eigenvalue weighted by atomic mass is 35.5. The number of rotatable bonds is 10. The summed E-state index contributed by atoms with van der Waals surface area (Å²) in [5.41, 5.74) is 0. The van der Waals surface area contributed by atoms with Gasteiger partial charge in [-0.3, -0.25) is 4.90 Å². The van der Waals surface area contributed by atoms with Crippen molar-refractivity contribution >= 4 is 11.6 Å². The molecule has 0 saturated carbocycles. The van der Waals surface area contributed by atoms with Crippen molar-refractivity contribution in [2.24, 2.45) is 0 Å². The van der Waals surface area contributed by atoms with Crippen molar-refractivity contribution in [3.8, 4) is 0 Å². The molecule has 0 aliphatic carbocycles. The van der Waals surface area contributed by atoms with Crippen molar-refractivity contribution in [3.63, 3.8) is 0 Å². The maximum atomic E-state index is 11.8. The molecule has 0 aliphatic heterocycles. The average molecular weight is 278 g/mol. The van der Waals surface area contributed by atoms with Crippen LogP contribution in [-0.2, 0) is 9.47 Å². The lowest BCUT2D eigenvalue weighted by Crippen LogP contribution is -2.31. The highest BCUT2D eigenvalue weighted by molar-refractivity contribution is 6.18. The fourth-order valence-corrected chi connectivity index (χ4v) is 1.49. The van der Waals surface area contributed by atoms with Gasteiger partial charge in [0.15, 0.2) is 0 Å². The van der Waals surface area contributed by atoms with Gasteiger partial charge in [-0.2, -0.15) is 13.2 Å². The molecule has 0 rings (SSSR count). The van der Waals surface area contributed by atoms with E-state index in [1.165, 1.54) is 0 Å². The Bertz CT molecular complexity index is 181. The maximum absolute atomic E-state index is 11.8. The molecule has 0 amide bonds. The molecule has 3 nitrogen and oxygen atoms in total. The van der Waals surface area contributed by atoms with Crippen molar-refractivity contribution in [2.45, 2.75) is 12.6 Å². The summed E-state index contributed by atoms with van der Waals surface area (Å²) < 4.78 is 44.7. The van der Waals surface area contributed by atoms with Crippen LogP contribution in [0.2, 0.25) is 0 Å². The number of alkyl halides is 4. The van der Waals surface area contributed by atoms with Crippen LogP contribution in [0.3, 0.4) is 0 Å². The highest BCUT2D eigenvalue weighted by Gasteiger charge is 2.27. The third kappa shape index (κ3) is 12.2. The second kappa shape index (κ2) is 9.94. The molecule has 0 aromatic carbocycles. The number of ether oxygens (including phenoxy) is 2. The Balaban J connectivity index is 3.53. The monoisotopic (exact) mass is 277 g/mol. The van der Waals surface area contributed by atoms with Crippen LogP contribution in [0.15, 0.2) is 0 Å². The largest absolute Gasteiger partial charge is 0.411 e. The summed E-state index contributed by atoms with van der Waals surface area (Å²) >= 11 is 5.61. The summed E-state index contributed by atoms with van der Waals surface area (Å²) in [6, 6.07) is 0. The molecule has 0 aliphatic rings. The lowest BCUT2D eigenvalue weighted by atomic mass is 10.4. The van der Waals surface area contributed by atoms with E-state index in [0.717, 1.165) is 6.54 Å². The normalized spacial score (nSPS) is 12.4. The molecule has 0 unspecified atom stereocenters. The van der Waals surface area contributed by atoms with Gasteiger partial charge in [-0.05, 0) is 6.42 Å². The summed E-state index contributed by atoms with van der Waals surface area (Å²) in [5, 5.41) is 0. The van der Waals surface area contributed by atoms with E-state index in [4.69, 9.17) is 16.3 Å². The first kappa shape index (κ1) is 17.0. The molecule has 0 bridgehead atoms. The first-order valence-electron chi connectivity index (χ1n) is 5.41. The Morgan fingerprint density at radius 3 is 2.35 bits per heavy atom. The summed E-state index contributed by atoms with van der Waals surface area (Å²) in [6.07, 6.45) is -3.69. The molecule has 17 heavy (non-hydrogen) atoms. The number of halogens is 4. The van der Waals surface area contributed by atoms with Gasteiger partial charge in [0.2, 0.25) is 0 Å². The first-order chi connectivity index (χ1) is 7.99. The molecule has 0 aromatic heterocycles. The zero-order valence-electron chi connectivity index (χ0n) is 9.93. The van der Waals surface area contributed by atoms with Gasteiger partial charge in [0.1, 0.15) is 6.61 Å². The first-order valence-corrected chi connectivity index (χ1v) is 5.95. The van der Waals surface area contributed by atoms with Crippen molar-refractivity contribution in [1.82, 2.24) is 4.90 Å². The number of hydrogen-bond donors (Lipinski definition) is 0. The zero-order valence-corrected chi connectivity index (χ0v) is 10.7. The van der Waals surface area contributed by atoms with Gasteiger partial charge in [-0.25, -0.2) is 0 Å². The molecule has 0 radical (unpaired) electrons. The van der Waals surface area contributed by atoms with Gasteiger partial charge in [-0.1, -0.05) is 0 Å². The third-order valence-electron chi connectivity index (χ3n) is 2.04. The standard InChI is InChI=1S/C10H19ClF3NO2/c1-16-8-6-15(5-3-11)4-2-7-17-9-10(12,13)14/h2-9H2,1H3. The smallest absolute Gasteiger partial charge is 0.383 e. The maximum Gasteiger partial charge on any atom is 0.411 e. The number of methoxy groups -OCH3 is 1. The highest BCUT2D eigenvalue weighted by Crippen LogP contribution is 2.14. The summed E-state index contributed by atoms with van der Waals surface area (Å²) in [5.74, 6) is 0.493. The predicted octanol–water partition coefficient (Wildman–Crippen LogP) is 2.14. The second-order valence-corrected chi connectivity index (χ2v) is 3.92. The molecule has 0 spiro atoms. The average Bonchev–Trinajstić information content (AvgIpc) is 2.23. The van der Waals surface area contributed by atoms with E-state index >= 15 is 0 Å². The number of nitrogens with zero attached hydrogens (tertiary/aromatic N) is 1. The molecule has 0 atom stereocenters. The van der Waals surface area contributed by atoms with Gasteiger partial charge in [-0.15, -0.1) is 11.6 Å². The second-order valence-electron chi connectivity index (χ2n) is 3.54. The predicted molar refractivity (Wildman–Crippen MR) is 60.5 cm³/mol. The number of hydrogen-bond acceptors (Lipinski definition) is 3. The summed E-state index contributed by atoms with van der Waals surface area (Å²) in [7, 11) is 1.60. The zero-order chi connectivity index (χ0) is 13.1. The van der Waals surface area contributed by atoms with Crippen LogP contribution in [0.1, 0.15) is 6.42 Å². The van der Waals surface area contributed by atoms with E-state index in [1.807, 2.05) is 4.90 Å². The lowest BCUT2D eigenvalue weighted by molar-refractivity contribution is -0.174. The van der Waals surface area contributed by atoms with Gasteiger partial charge < -0.3 is 9.47 Å². The van der Waals surface area contributed by atoms with Gasteiger partial charge in [0.25, 0.3) is 0 Å². The van der Waals surface area contributed by atoms with Gasteiger partial charge in [0.05, 0.1) is 6.61 Å². The Hall–Kier alpha value is -0.0400. The molecule has 0 saturated heterocycles. The van der Waals surface area contributed by atoms with E-state index < -0.39 is 12.8 Å². The SMILES string of the molecule is COCCN(CCCl)CCCOCC(F)(F)F. The van der Waals surface area contributed by atoms with Gasteiger partial charge in [0, 0.05) is 39.2 Å².